The fourth-order valence-electron chi connectivity index (χ4n) is 7.74. The Morgan fingerprint density at radius 3 is 1.79 bits per heavy atom. The summed E-state index contributed by atoms with van der Waals surface area (Å²) < 4.78 is 8.84. The van der Waals surface area contributed by atoms with Crippen LogP contribution in [-0.2, 0) is 20.1 Å². The quantitative estimate of drug-likeness (QED) is 0.142. The van der Waals surface area contributed by atoms with Crippen LogP contribution in [-0.4, -0.2) is 19.5 Å². The van der Waals surface area contributed by atoms with Crippen LogP contribution in [0.4, 0.5) is 0 Å². The fraction of sp³-hybridized carbons (Fsp3) is 0.109. The van der Waals surface area contributed by atoms with Gasteiger partial charge in [0.25, 0.3) is 0 Å². The number of nitrogens with zero attached hydrogens (tertiary/aromatic N) is 4. The van der Waals surface area contributed by atoms with Crippen molar-refractivity contribution < 1.29 is 24.5 Å². The predicted octanol–water partition coefficient (Wildman–Crippen LogP) is 14.4. The topological polar surface area (TPSA) is 56.7 Å². The van der Waals surface area contributed by atoms with E-state index in [1.165, 1.54) is 27.9 Å². The van der Waals surface area contributed by atoms with Gasteiger partial charge < -0.3 is 14.0 Å². The number of fused-ring (bicyclic) bond motifs is 2. The molecular weight excluding hydrogens is 925 g/mol. The minimum absolute atomic E-state index is 0. The van der Waals surface area contributed by atoms with Gasteiger partial charge in [0.15, 0.2) is 0 Å². The van der Waals surface area contributed by atoms with Crippen molar-refractivity contribution >= 4 is 22.1 Å². The van der Waals surface area contributed by atoms with Gasteiger partial charge in [0.2, 0.25) is 5.89 Å². The largest absolute Gasteiger partial charge is 0.457 e. The van der Waals surface area contributed by atoms with Crippen LogP contribution < -0.4 is 0 Å². The zero-order valence-corrected chi connectivity index (χ0v) is 36.9. The van der Waals surface area contributed by atoms with Gasteiger partial charge in [-0.25, -0.2) is 0 Å². The molecule has 61 heavy (non-hydrogen) atoms. The van der Waals surface area contributed by atoms with Crippen LogP contribution >= 0.6 is 0 Å². The smallest absolute Gasteiger partial charge is 0.215 e. The molecule has 0 aliphatic rings. The number of rotatable bonds is 8. The SMILES string of the molecule is CC(C)c1cc(-c2ccccc2)cc(C(C)C)c1-n1c(-c2[c-]c3oc(-c4ccccc4)nc3c(-c3ccccc3)c2)nc2ccccc21.[Ir].[c-]1ccccc1-c1ccccn1. The van der Waals surface area contributed by atoms with E-state index >= 15 is 0 Å². The normalized spacial score (nSPS) is 11.1. The number of benzene rings is 7. The van der Waals surface area contributed by atoms with Gasteiger partial charge >= 0.3 is 0 Å². The third-order valence-corrected chi connectivity index (χ3v) is 10.7. The molecule has 0 unspecified atom stereocenters. The molecule has 1 radical (unpaired) electrons. The molecule has 7 aromatic carbocycles. The van der Waals surface area contributed by atoms with E-state index in [2.05, 4.69) is 146 Å². The van der Waals surface area contributed by atoms with Crippen molar-refractivity contribution in [3.8, 4) is 62.0 Å². The molecule has 0 aliphatic carbocycles. The van der Waals surface area contributed by atoms with Crippen LogP contribution in [0.5, 0.6) is 0 Å². The number of hydrogen-bond donors (Lipinski definition) is 0. The van der Waals surface area contributed by atoms with Crippen LogP contribution in [0, 0.1) is 12.1 Å². The first-order valence-electron chi connectivity index (χ1n) is 20.5. The predicted molar refractivity (Wildman–Crippen MR) is 246 cm³/mol. The molecule has 3 aromatic heterocycles. The number of hydrogen-bond acceptors (Lipinski definition) is 4. The number of para-hydroxylation sites is 2. The van der Waals surface area contributed by atoms with E-state index in [0.717, 1.165) is 55.9 Å². The first-order valence-corrected chi connectivity index (χ1v) is 20.5. The molecule has 5 nitrogen and oxygen atoms in total. The third-order valence-electron chi connectivity index (χ3n) is 10.7. The summed E-state index contributed by atoms with van der Waals surface area (Å²) in [5.41, 5.74) is 15.4. The van der Waals surface area contributed by atoms with Gasteiger partial charge in [-0.1, -0.05) is 142 Å². The van der Waals surface area contributed by atoms with Crippen molar-refractivity contribution in [1.29, 1.82) is 0 Å². The first-order chi connectivity index (χ1) is 29.4. The molecule has 10 aromatic rings. The van der Waals surface area contributed by atoms with Gasteiger partial charge in [0, 0.05) is 43.1 Å². The monoisotopic (exact) mass is 969 g/mol. The molecule has 0 saturated heterocycles. The van der Waals surface area contributed by atoms with Gasteiger partial charge in [0.05, 0.1) is 22.4 Å². The van der Waals surface area contributed by atoms with E-state index in [-0.39, 0.29) is 31.9 Å². The third kappa shape index (κ3) is 8.51. The summed E-state index contributed by atoms with van der Waals surface area (Å²) in [6.07, 6.45) is 1.79. The van der Waals surface area contributed by atoms with Crippen molar-refractivity contribution in [3.05, 3.63) is 205 Å². The Labute approximate surface area is 371 Å². The summed E-state index contributed by atoms with van der Waals surface area (Å²) in [7, 11) is 0. The molecule has 0 bridgehead atoms. The van der Waals surface area contributed by atoms with Gasteiger partial charge in [-0.2, -0.15) is 0 Å². The first kappa shape index (κ1) is 41.0. The standard InChI is InChI=1S/C44H36N3O.C11H8N.Ir/c1-28(2)35-24-33(30-16-8-5-9-17-30)25-36(29(3)4)42(35)47-39-23-15-14-22-38(39)45-43(47)34-26-37(31-18-10-6-11-19-31)41-40(27-34)48-44(46-41)32-20-12-7-13-21-32;1-2-6-10(7-3-1)11-8-4-5-9-12-11;/h5-26,28-29H,1-4H3;1-6,8-9H;/q2*-1;. The van der Waals surface area contributed by atoms with E-state index in [1.54, 1.807) is 6.20 Å². The average Bonchev–Trinajstić information content (AvgIpc) is 3.92. The van der Waals surface area contributed by atoms with E-state index < -0.39 is 0 Å². The van der Waals surface area contributed by atoms with Crippen molar-refractivity contribution in [2.45, 2.75) is 39.5 Å². The molecular formula is C55H44IrN4O-2. The van der Waals surface area contributed by atoms with E-state index in [4.69, 9.17) is 14.4 Å². The summed E-state index contributed by atoms with van der Waals surface area (Å²) in [6, 6.07) is 66.9. The molecule has 6 heteroatoms. The van der Waals surface area contributed by atoms with E-state index in [1.807, 2.05) is 78.9 Å². The number of imidazole rings is 1. The number of pyridine rings is 1. The van der Waals surface area contributed by atoms with Crippen LogP contribution in [0.1, 0.15) is 50.7 Å². The summed E-state index contributed by atoms with van der Waals surface area (Å²) in [4.78, 5) is 14.5. The van der Waals surface area contributed by atoms with Gasteiger partial charge in [0.1, 0.15) is 0 Å². The molecule has 0 saturated carbocycles. The van der Waals surface area contributed by atoms with Gasteiger partial charge in [-0.15, -0.1) is 47.5 Å². The summed E-state index contributed by atoms with van der Waals surface area (Å²) in [5, 5.41) is 0. The van der Waals surface area contributed by atoms with E-state index in [0.29, 0.717) is 11.5 Å². The van der Waals surface area contributed by atoms with Crippen LogP contribution in [0.3, 0.4) is 0 Å². The molecule has 10 rings (SSSR count). The molecule has 0 N–H and O–H groups in total. The fourth-order valence-corrected chi connectivity index (χ4v) is 7.74. The average molecular weight is 969 g/mol. The maximum Gasteiger partial charge on any atom is 0.215 e. The van der Waals surface area contributed by atoms with Gasteiger partial charge in [-0.3, -0.25) is 9.97 Å². The van der Waals surface area contributed by atoms with Crippen molar-refractivity contribution in [2.24, 2.45) is 0 Å². The summed E-state index contributed by atoms with van der Waals surface area (Å²) in [5.74, 6) is 1.93. The second-order valence-electron chi connectivity index (χ2n) is 15.5. The Morgan fingerprint density at radius 2 is 1.16 bits per heavy atom. The van der Waals surface area contributed by atoms with Gasteiger partial charge in [-0.05, 0) is 87.8 Å². The minimum atomic E-state index is 0. The zero-order chi connectivity index (χ0) is 41.0. The molecule has 301 valence electrons. The number of oxazole rings is 1. The Bertz CT molecular complexity index is 2950. The van der Waals surface area contributed by atoms with Crippen LogP contribution in [0.25, 0.3) is 84.2 Å². The van der Waals surface area contributed by atoms with Crippen LogP contribution in [0.2, 0.25) is 0 Å². The summed E-state index contributed by atoms with van der Waals surface area (Å²) in [6.45, 7) is 9.12. The van der Waals surface area contributed by atoms with E-state index in [9.17, 15) is 0 Å². The van der Waals surface area contributed by atoms with Crippen LogP contribution in [0.15, 0.2) is 187 Å². The summed E-state index contributed by atoms with van der Waals surface area (Å²) >= 11 is 0. The second kappa shape index (κ2) is 18.3. The Hall–Kier alpha value is -6.72. The maximum atomic E-state index is 6.48. The molecule has 0 amide bonds. The number of aromatic nitrogens is 4. The zero-order valence-electron chi connectivity index (χ0n) is 34.5. The molecule has 0 fully saturated rings. The Kier molecular flexibility index (Phi) is 12.3. The molecule has 0 atom stereocenters. The Balaban J connectivity index is 0.000000340. The second-order valence-corrected chi connectivity index (χ2v) is 15.5. The minimum Gasteiger partial charge on any atom is -0.457 e. The molecule has 0 aliphatic heterocycles. The molecule has 0 spiro atoms. The van der Waals surface area contributed by atoms with Crippen molar-refractivity contribution in [3.63, 3.8) is 0 Å². The van der Waals surface area contributed by atoms with Crippen molar-refractivity contribution in [1.82, 2.24) is 19.5 Å². The maximum absolute atomic E-state index is 6.48. The van der Waals surface area contributed by atoms with Crippen molar-refractivity contribution in [2.75, 3.05) is 0 Å². The molecule has 3 heterocycles. The Morgan fingerprint density at radius 1 is 0.557 bits per heavy atom.